The summed E-state index contributed by atoms with van der Waals surface area (Å²) < 4.78 is 15.4. The van der Waals surface area contributed by atoms with Gasteiger partial charge < -0.3 is 48.1 Å². The van der Waals surface area contributed by atoms with Crippen molar-refractivity contribution < 1.29 is 116 Å². The summed E-state index contributed by atoms with van der Waals surface area (Å²) in [7, 11) is 0. The van der Waals surface area contributed by atoms with Gasteiger partial charge in [-0.3, -0.25) is 9.97 Å². The molecule has 0 atom stereocenters. The second-order valence-corrected chi connectivity index (χ2v) is 33.3. The standard InChI is InChI=1S/C37H22N2.C31H25BN2.3C12H6NO2.2C11H8N.3Ir.2Pt/c1-3-15-31-29(13-1)30-14-2-4-16-32(30)37(31)35-19-7-17-33(38-35)27-11-5-9-25(23-27)21-22-26-10-6-12-28(24-26)34-18-8-20-36(37)39-34;1-22-20-23(2)31(24(3)21-22)32(29-18-10-16-27(33-29)25-12-6-4-7-13-25)30-19-11-17-28(34-30)26-14-8-5-9-15-26;3*14-12-9-5-3-7-13-11(9)8-4-1-2-6-10(8)15-12;2*1-2-6-10(7-3-1)11-8-4-5-9-12-11;;;;;/h1-22H;4-12,14,16-21H,1-3H3;3*1-3,5-7H;2*1-6,8-9H;;;;;/q2*-2;5*-1;;;;2*+2. The fourth-order valence-electron chi connectivity index (χ4n) is 17.9. The molecule has 21 heteroatoms. The summed E-state index contributed by atoms with van der Waals surface area (Å²) in [6.45, 7) is 6.43. The molecule has 2 aliphatic rings. The molecule has 15 nitrogen and oxygen atoms in total. The number of fused-ring (bicyclic) bond motifs is 26. The minimum atomic E-state index is -0.674. The van der Waals surface area contributed by atoms with Crippen LogP contribution in [0.5, 0.6) is 0 Å². The maximum absolute atomic E-state index is 11.6. The van der Waals surface area contributed by atoms with Gasteiger partial charge in [0, 0.05) is 163 Å². The smallest absolute Gasteiger partial charge is 0.472 e. The molecule has 0 saturated carbocycles. The predicted octanol–water partition coefficient (Wildman–Crippen LogP) is 24.6. The van der Waals surface area contributed by atoms with Gasteiger partial charge >= 0.3 is 59.0 Å². The van der Waals surface area contributed by atoms with Crippen LogP contribution in [0, 0.1) is 75.4 Å². The summed E-state index contributed by atoms with van der Waals surface area (Å²) in [5.41, 5.74) is 29.0. The van der Waals surface area contributed by atoms with Crippen molar-refractivity contribution in [3.8, 4) is 78.7 Å². The first-order chi connectivity index (χ1) is 69.9. The second kappa shape index (κ2) is 49.9. The van der Waals surface area contributed by atoms with Gasteiger partial charge in [0.15, 0.2) is 0 Å². The third kappa shape index (κ3) is 23.7. The number of nitrogens with zero attached hydrogens (tertiary/aromatic N) is 9. The van der Waals surface area contributed by atoms with Gasteiger partial charge in [-0.05, 0) is 108 Å². The van der Waals surface area contributed by atoms with Gasteiger partial charge in [0.2, 0.25) is 0 Å². The predicted molar refractivity (Wildman–Crippen MR) is 566 cm³/mol. The Morgan fingerprint density at radius 1 is 0.279 bits per heavy atom. The topological polar surface area (TPSA) is 207 Å². The minimum Gasteiger partial charge on any atom is -0.472 e. The third-order valence-corrected chi connectivity index (χ3v) is 24.1. The van der Waals surface area contributed by atoms with Gasteiger partial charge in [-0.15, -0.1) is 276 Å². The zero-order valence-electron chi connectivity index (χ0n) is 78.8. The van der Waals surface area contributed by atoms with Gasteiger partial charge in [-0.2, -0.15) is 12.2 Å². The maximum atomic E-state index is 11.6. The van der Waals surface area contributed by atoms with Crippen LogP contribution in [0.2, 0.25) is 0 Å². The SMILES string of the molecule is Cc1cc(C)c(B(c2cccc(-c3[c-]cccc3)n2)c2cccc(-c3[c-]cccc3)n2)c(C)c1.O=c1oc2ccc[c-]c2c2ncccc12.O=c1oc2ccc[c-]c2c2ncccc12.O=c1oc2ccc[c-]c2c2ncccc12.[Ir].[Ir].[Ir].[Pt+2].[Pt+2].[c-]1c2cccc1-c1cccc(n1)C1(c3cccc(n3)-c3[c-]c(ccc3)C=C2)c2ccccc2-c2ccccc21.[c-]1ccccc1-c1ccccn1.[c-]1ccccc1-c1ccccn1. The fourth-order valence-corrected chi connectivity index (χ4v) is 17.9. The van der Waals surface area contributed by atoms with Crippen LogP contribution < -0.4 is 33.5 Å². The molecule has 1 aliphatic heterocycles. The van der Waals surface area contributed by atoms with Crippen LogP contribution in [0.25, 0.3) is 156 Å². The Morgan fingerprint density at radius 3 is 0.952 bits per heavy atom. The van der Waals surface area contributed by atoms with Crippen molar-refractivity contribution in [2.24, 2.45) is 0 Å². The summed E-state index contributed by atoms with van der Waals surface area (Å²) >= 11 is 0. The van der Waals surface area contributed by atoms with Crippen molar-refractivity contribution in [3.05, 3.63) is 561 Å². The average molecular weight is 2790 g/mol. The molecule has 13 heterocycles. The first-order valence-corrected chi connectivity index (χ1v) is 46.1. The number of hydrogen-bond acceptors (Lipinski definition) is 15. The first kappa shape index (κ1) is 106. The van der Waals surface area contributed by atoms with E-state index in [4.69, 9.17) is 33.2 Å². The Balaban J connectivity index is 0.000000135. The van der Waals surface area contributed by atoms with Gasteiger partial charge in [-0.25, -0.2) is 14.4 Å². The van der Waals surface area contributed by atoms with Crippen LogP contribution in [-0.2, 0) is 108 Å². The van der Waals surface area contributed by atoms with E-state index in [0.717, 1.165) is 117 Å². The first-order valence-electron chi connectivity index (χ1n) is 46.1. The molecule has 1 spiro atoms. The molecule has 0 fully saturated rings. The molecule has 26 rings (SSSR count). The second-order valence-electron chi connectivity index (χ2n) is 33.3. The molecule has 1 aliphatic carbocycles. The number of benzene rings is 12. The molecular formula is C126H81BIr3N9O6Pt2-5. The summed E-state index contributed by atoms with van der Waals surface area (Å²) in [6, 6.07) is 158. The van der Waals surface area contributed by atoms with Gasteiger partial charge in [0.05, 0.1) is 11.4 Å². The molecule has 147 heavy (non-hydrogen) atoms. The number of rotatable bonds is 7. The Morgan fingerprint density at radius 2 is 0.592 bits per heavy atom. The fraction of sp³-hybridized carbons (Fsp3) is 0.0317. The van der Waals surface area contributed by atoms with Crippen LogP contribution in [0.1, 0.15) is 50.3 Å². The molecule has 0 unspecified atom stereocenters. The molecular weight excluding hydrogens is 2710 g/mol. The monoisotopic (exact) mass is 2800 g/mol. The Kier molecular flexibility index (Phi) is 35.9. The van der Waals surface area contributed by atoms with Crippen molar-refractivity contribution in [1.29, 1.82) is 0 Å². The van der Waals surface area contributed by atoms with E-state index in [9.17, 15) is 14.4 Å². The Labute approximate surface area is 919 Å². The third-order valence-electron chi connectivity index (χ3n) is 24.1. The van der Waals surface area contributed by atoms with Crippen LogP contribution in [0.3, 0.4) is 0 Å². The maximum Gasteiger partial charge on any atom is 2.00 e. The molecule has 12 aromatic heterocycles. The zero-order valence-corrected chi connectivity index (χ0v) is 90.5. The van der Waals surface area contributed by atoms with Crippen molar-refractivity contribution in [3.63, 3.8) is 0 Å². The van der Waals surface area contributed by atoms with E-state index in [0.29, 0.717) is 49.5 Å². The van der Waals surface area contributed by atoms with E-state index >= 15 is 0 Å². The van der Waals surface area contributed by atoms with Crippen LogP contribution >= 0.6 is 0 Å². The molecule has 0 N–H and O–H groups in total. The largest absolute Gasteiger partial charge is 2.00 e. The minimum absolute atomic E-state index is 0. The van der Waals surface area contributed by atoms with E-state index in [-0.39, 0.29) is 126 Å². The average Bonchev–Trinajstić information content (AvgIpc) is 1.54. The summed E-state index contributed by atoms with van der Waals surface area (Å²) in [5, 5.41) is 3.71. The van der Waals surface area contributed by atoms with Gasteiger partial charge in [0.25, 0.3) is 6.71 Å². The molecule has 3 radical (unpaired) electrons. The zero-order chi connectivity index (χ0) is 96.5. The van der Waals surface area contributed by atoms with Crippen LogP contribution in [0.4, 0.5) is 0 Å². The molecule has 12 aromatic carbocycles. The van der Waals surface area contributed by atoms with Crippen LogP contribution in [0.15, 0.2) is 453 Å². The molecule has 24 aromatic rings. The molecule has 721 valence electrons. The number of hydrogen-bond donors (Lipinski definition) is 0. The van der Waals surface area contributed by atoms with E-state index < -0.39 is 5.41 Å². The summed E-state index contributed by atoms with van der Waals surface area (Å²) in [4.78, 5) is 76.7. The molecule has 0 saturated heterocycles. The molecule has 0 amide bonds. The number of pyridine rings is 9. The van der Waals surface area contributed by atoms with E-state index in [2.05, 4.69) is 270 Å². The van der Waals surface area contributed by atoms with Crippen molar-refractivity contribution in [1.82, 2.24) is 44.9 Å². The number of aryl methyl sites for hydroxylation is 3. The summed E-state index contributed by atoms with van der Waals surface area (Å²) in [6.07, 6.45) is 12.7. The summed E-state index contributed by atoms with van der Waals surface area (Å²) in [5.74, 6) is 0. The number of aromatic nitrogens is 9. The Hall–Kier alpha value is -15.5. The molecule has 8 bridgehead atoms. The van der Waals surface area contributed by atoms with Crippen molar-refractivity contribution in [2.75, 3.05) is 0 Å². The van der Waals surface area contributed by atoms with Gasteiger partial charge in [-0.1, -0.05) is 213 Å². The van der Waals surface area contributed by atoms with E-state index in [1.807, 2.05) is 146 Å². The van der Waals surface area contributed by atoms with Crippen LogP contribution in [-0.4, -0.2) is 51.6 Å². The Bertz CT molecular complexity index is 8230. The van der Waals surface area contributed by atoms with Crippen molar-refractivity contribution in [2.45, 2.75) is 26.2 Å². The van der Waals surface area contributed by atoms with E-state index in [1.54, 1.807) is 122 Å². The normalized spacial score (nSPS) is 11.1. The quantitative estimate of drug-likeness (QED) is 0.0629. The van der Waals surface area contributed by atoms with Crippen molar-refractivity contribution >= 4 is 101 Å². The van der Waals surface area contributed by atoms with E-state index in [1.165, 1.54) is 44.4 Å². The van der Waals surface area contributed by atoms with Gasteiger partial charge in [0.1, 0.15) is 5.41 Å².